The van der Waals surface area contributed by atoms with Crippen LogP contribution in [0.4, 0.5) is 11.4 Å². The maximum absolute atomic E-state index is 13.5. The van der Waals surface area contributed by atoms with Gasteiger partial charge in [0.2, 0.25) is 11.8 Å². The summed E-state index contributed by atoms with van der Waals surface area (Å²) in [6, 6.07) is 13.5. The lowest BCUT2D eigenvalue weighted by atomic mass is 9.78. The van der Waals surface area contributed by atoms with E-state index in [4.69, 9.17) is 4.74 Å². The fourth-order valence-corrected chi connectivity index (χ4v) is 5.50. The van der Waals surface area contributed by atoms with Gasteiger partial charge in [-0.25, -0.2) is 0 Å². The van der Waals surface area contributed by atoms with E-state index in [1.807, 2.05) is 49.4 Å². The Morgan fingerprint density at radius 1 is 1.24 bits per heavy atom. The standard InChI is InChI=1S/C23H25N3O3/c1-14-5-3-7-18-20(14)25-22(28)23(18)19(13-16-6-4-12-26(16)23)21(27)24-15-8-10-17(29-2)11-9-15/h3,5,7-11,16,19H,4,6,12-13H2,1-2H3,(H,24,27)(H,25,28). The SMILES string of the molecule is COc1ccc(NC(=O)C2CC3CCCN3C23C(=O)Nc2c(C)cccc23)cc1. The number of nitrogens with one attached hydrogen (secondary N) is 2. The quantitative estimate of drug-likeness (QED) is 0.843. The molecule has 0 radical (unpaired) electrons. The van der Waals surface area contributed by atoms with E-state index in [9.17, 15) is 9.59 Å². The molecule has 2 amide bonds. The number of fused-ring (bicyclic) bond motifs is 4. The zero-order valence-corrected chi connectivity index (χ0v) is 16.7. The second-order valence-corrected chi connectivity index (χ2v) is 8.21. The fourth-order valence-electron chi connectivity index (χ4n) is 5.50. The second kappa shape index (κ2) is 6.59. The van der Waals surface area contributed by atoms with Gasteiger partial charge in [0.1, 0.15) is 11.3 Å². The van der Waals surface area contributed by atoms with Gasteiger partial charge in [-0.15, -0.1) is 0 Å². The van der Waals surface area contributed by atoms with E-state index >= 15 is 0 Å². The van der Waals surface area contributed by atoms with Crippen LogP contribution in [0.25, 0.3) is 0 Å². The molecule has 3 atom stereocenters. The van der Waals surface area contributed by atoms with Crippen molar-refractivity contribution in [3.63, 3.8) is 0 Å². The number of methoxy groups -OCH3 is 1. The largest absolute Gasteiger partial charge is 0.497 e. The van der Waals surface area contributed by atoms with Gasteiger partial charge < -0.3 is 15.4 Å². The summed E-state index contributed by atoms with van der Waals surface area (Å²) in [5, 5.41) is 6.14. The summed E-state index contributed by atoms with van der Waals surface area (Å²) in [5.41, 5.74) is 2.64. The molecule has 3 aliphatic rings. The topological polar surface area (TPSA) is 70.7 Å². The van der Waals surface area contributed by atoms with Crippen LogP contribution in [0, 0.1) is 12.8 Å². The lowest BCUT2D eigenvalue weighted by molar-refractivity contribution is -0.135. The molecule has 2 aromatic carbocycles. The first-order valence-corrected chi connectivity index (χ1v) is 10.2. The highest BCUT2D eigenvalue weighted by atomic mass is 16.5. The van der Waals surface area contributed by atoms with Gasteiger partial charge in [0.25, 0.3) is 0 Å². The van der Waals surface area contributed by atoms with Crippen molar-refractivity contribution in [2.24, 2.45) is 5.92 Å². The Kier molecular flexibility index (Phi) is 4.13. The van der Waals surface area contributed by atoms with Gasteiger partial charge in [-0.05, 0) is 62.6 Å². The molecule has 0 aliphatic carbocycles. The summed E-state index contributed by atoms with van der Waals surface area (Å²) in [4.78, 5) is 29.2. The van der Waals surface area contributed by atoms with Crippen molar-refractivity contribution >= 4 is 23.2 Å². The number of nitrogens with zero attached hydrogens (tertiary/aromatic N) is 1. The minimum Gasteiger partial charge on any atom is -0.497 e. The molecule has 2 N–H and O–H groups in total. The highest BCUT2D eigenvalue weighted by Crippen LogP contribution is 2.56. The van der Waals surface area contributed by atoms with Crippen LogP contribution < -0.4 is 15.4 Å². The predicted molar refractivity (Wildman–Crippen MR) is 111 cm³/mol. The lowest BCUT2D eigenvalue weighted by Gasteiger charge is -2.36. The number of carbonyl (C=O) groups is 2. The Bertz CT molecular complexity index is 987. The molecule has 29 heavy (non-hydrogen) atoms. The van der Waals surface area contributed by atoms with E-state index in [-0.39, 0.29) is 17.9 Å². The van der Waals surface area contributed by atoms with Gasteiger partial charge in [-0.2, -0.15) is 0 Å². The van der Waals surface area contributed by atoms with Gasteiger partial charge in [-0.1, -0.05) is 18.2 Å². The summed E-state index contributed by atoms with van der Waals surface area (Å²) in [7, 11) is 1.61. The molecule has 5 rings (SSSR count). The van der Waals surface area contributed by atoms with E-state index in [1.54, 1.807) is 7.11 Å². The number of hydrogen-bond donors (Lipinski definition) is 2. The second-order valence-electron chi connectivity index (χ2n) is 8.21. The van der Waals surface area contributed by atoms with E-state index in [1.165, 1.54) is 0 Å². The summed E-state index contributed by atoms with van der Waals surface area (Å²) in [6.07, 6.45) is 2.79. The highest BCUT2D eigenvalue weighted by molar-refractivity contribution is 6.11. The van der Waals surface area contributed by atoms with Crippen molar-refractivity contribution in [3.8, 4) is 5.75 Å². The average Bonchev–Trinajstić information content (AvgIpc) is 3.38. The number of amides is 2. The molecule has 6 nitrogen and oxygen atoms in total. The molecule has 3 unspecified atom stereocenters. The van der Waals surface area contributed by atoms with Crippen molar-refractivity contribution < 1.29 is 14.3 Å². The van der Waals surface area contributed by atoms with Crippen LogP contribution >= 0.6 is 0 Å². The van der Waals surface area contributed by atoms with Crippen molar-refractivity contribution in [1.29, 1.82) is 0 Å². The number of para-hydroxylation sites is 1. The normalized spacial score (nSPS) is 27.6. The van der Waals surface area contributed by atoms with Gasteiger partial charge >= 0.3 is 0 Å². The first kappa shape index (κ1) is 18.2. The number of hydrogen-bond acceptors (Lipinski definition) is 4. The van der Waals surface area contributed by atoms with Crippen molar-refractivity contribution in [3.05, 3.63) is 53.6 Å². The minimum atomic E-state index is -0.918. The molecular weight excluding hydrogens is 366 g/mol. The zero-order chi connectivity index (χ0) is 20.2. The zero-order valence-electron chi connectivity index (χ0n) is 16.7. The van der Waals surface area contributed by atoms with Crippen LogP contribution in [0.2, 0.25) is 0 Å². The molecule has 150 valence electrons. The first-order valence-electron chi connectivity index (χ1n) is 10.2. The highest BCUT2D eigenvalue weighted by Gasteiger charge is 2.65. The van der Waals surface area contributed by atoms with Crippen LogP contribution in [0.15, 0.2) is 42.5 Å². The molecular formula is C23H25N3O3. The summed E-state index contributed by atoms with van der Waals surface area (Å²) < 4.78 is 5.19. The Hall–Kier alpha value is -2.86. The van der Waals surface area contributed by atoms with E-state index in [2.05, 4.69) is 15.5 Å². The molecule has 6 heteroatoms. The molecule has 3 heterocycles. The summed E-state index contributed by atoms with van der Waals surface area (Å²) >= 11 is 0. The lowest BCUT2D eigenvalue weighted by Crippen LogP contribution is -2.53. The summed E-state index contributed by atoms with van der Waals surface area (Å²) in [5.74, 6) is 0.133. The van der Waals surface area contributed by atoms with Crippen molar-refractivity contribution in [2.45, 2.75) is 37.8 Å². The number of ether oxygens (including phenoxy) is 1. The van der Waals surface area contributed by atoms with E-state index in [0.717, 1.165) is 42.0 Å². The smallest absolute Gasteiger partial charge is 0.250 e. The van der Waals surface area contributed by atoms with Crippen LogP contribution in [0.5, 0.6) is 5.75 Å². The van der Waals surface area contributed by atoms with Gasteiger partial charge in [0, 0.05) is 23.0 Å². The number of anilines is 2. The molecule has 0 bridgehead atoms. The average molecular weight is 391 g/mol. The molecule has 2 aromatic rings. The van der Waals surface area contributed by atoms with E-state index in [0.29, 0.717) is 12.1 Å². The van der Waals surface area contributed by atoms with Gasteiger partial charge in [0.15, 0.2) is 0 Å². The van der Waals surface area contributed by atoms with Gasteiger partial charge in [-0.3, -0.25) is 14.5 Å². The monoisotopic (exact) mass is 391 g/mol. The molecule has 3 aliphatic heterocycles. The van der Waals surface area contributed by atoms with Crippen LogP contribution in [0.3, 0.4) is 0 Å². The van der Waals surface area contributed by atoms with Crippen LogP contribution in [0.1, 0.15) is 30.4 Å². The third-order valence-corrected chi connectivity index (χ3v) is 6.78. The Morgan fingerprint density at radius 3 is 2.79 bits per heavy atom. The van der Waals surface area contributed by atoms with Crippen molar-refractivity contribution in [1.82, 2.24) is 4.90 Å². The number of carbonyl (C=O) groups excluding carboxylic acids is 2. The predicted octanol–water partition coefficient (Wildman–Crippen LogP) is 3.27. The Balaban J connectivity index is 1.55. The van der Waals surface area contributed by atoms with Gasteiger partial charge in [0.05, 0.1) is 13.0 Å². The number of aryl methyl sites for hydroxylation is 1. The fraction of sp³-hybridized carbons (Fsp3) is 0.391. The van der Waals surface area contributed by atoms with Crippen LogP contribution in [-0.4, -0.2) is 36.4 Å². The molecule has 2 fully saturated rings. The van der Waals surface area contributed by atoms with E-state index < -0.39 is 11.5 Å². The van der Waals surface area contributed by atoms with Crippen molar-refractivity contribution in [2.75, 3.05) is 24.3 Å². The molecule has 0 saturated carbocycles. The summed E-state index contributed by atoms with van der Waals surface area (Å²) in [6.45, 7) is 2.85. The number of benzene rings is 2. The third kappa shape index (κ3) is 2.52. The number of rotatable bonds is 3. The molecule has 2 saturated heterocycles. The first-order chi connectivity index (χ1) is 14.1. The molecule has 1 spiro atoms. The molecule has 0 aromatic heterocycles. The minimum absolute atomic E-state index is 0.0684. The Labute approximate surface area is 170 Å². The third-order valence-electron chi connectivity index (χ3n) is 6.78. The maximum Gasteiger partial charge on any atom is 0.250 e. The Morgan fingerprint density at radius 2 is 2.03 bits per heavy atom. The maximum atomic E-state index is 13.5. The van der Waals surface area contributed by atoms with Crippen LogP contribution in [-0.2, 0) is 15.1 Å².